The van der Waals surface area contributed by atoms with E-state index in [9.17, 15) is 9.90 Å². The molecule has 1 fully saturated rings. The van der Waals surface area contributed by atoms with E-state index in [0.717, 1.165) is 5.56 Å². The Morgan fingerprint density at radius 2 is 2.05 bits per heavy atom. The molecule has 1 atom stereocenters. The molecule has 0 amide bonds. The molecule has 1 unspecified atom stereocenters. The summed E-state index contributed by atoms with van der Waals surface area (Å²) in [6.07, 6.45) is 2.39. The highest BCUT2D eigenvalue weighted by atomic mass is 16.5. The molecule has 0 aromatic heterocycles. The molecule has 1 aliphatic carbocycles. The molecule has 0 heterocycles. The predicted molar refractivity (Wildman–Crippen MR) is 77.6 cm³/mol. The standard InChI is InChI=1S/C16H23NO3/c1-12(2)17-16(15(18)19,11-20-10-13-8-9-13)14-6-4-3-5-7-14/h3-7,12-13,17H,8-11H2,1-2H3,(H,18,19). The maximum atomic E-state index is 11.9. The van der Waals surface area contributed by atoms with Crippen LogP contribution in [0.4, 0.5) is 0 Å². The maximum Gasteiger partial charge on any atom is 0.331 e. The molecule has 4 nitrogen and oxygen atoms in total. The zero-order valence-corrected chi connectivity index (χ0v) is 12.1. The van der Waals surface area contributed by atoms with Gasteiger partial charge in [0.1, 0.15) is 0 Å². The van der Waals surface area contributed by atoms with E-state index in [0.29, 0.717) is 12.5 Å². The Hall–Kier alpha value is -1.39. The molecular weight excluding hydrogens is 254 g/mol. The molecule has 1 saturated carbocycles. The second-order valence-electron chi connectivity index (χ2n) is 5.83. The number of ether oxygens (including phenoxy) is 1. The van der Waals surface area contributed by atoms with Crippen LogP contribution in [0.3, 0.4) is 0 Å². The molecule has 1 aliphatic rings. The summed E-state index contributed by atoms with van der Waals surface area (Å²) in [6, 6.07) is 9.33. The molecule has 2 N–H and O–H groups in total. The van der Waals surface area contributed by atoms with Crippen LogP contribution in [0.1, 0.15) is 32.3 Å². The average molecular weight is 277 g/mol. The highest BCUT2D eigenvalue weighted by Crippen LogP contribution is 2.30. The SMILES string of the molecule is CC(C)NC(COCC1CC1)(C(=O)O)c1ccccc1. The summed E-state index contributed by atoms with van der Waals surface area (Å²) in [7, 11) is 0. The Bertz CT molecular complexity index is 442. The molecule has 20 heavy (non-hydrogen) atoms. The van der Waals surface area contributed by atoms with Crippen molar-refractivity contribution in [2.75, 3.05) is 13.2 Å². The smallest absolute Gasteiger partial charge is 0.331 e. The lowest BCUT2D eigenvalue weighted by Gasteiger charge is -2.33. The normalized spacial score (nSPS) is 17.9. The lowest BCUT2D eigenvalue weighted by atomic mass is 9.90. The van der Waals surface area contributed by atoms with Gasteiger partial charge in [-0.1, -0.05) is 30.3 Å². The third-order valence-electron chi connectivity index (χ3n) is 3.54. The summed E-state index contributed by atoms with van der Waals surface area (Å²) in [4.78, 5) is 11.9. The van der Waals surface area contributed by atoms with Crippen molar-refractivity contribution in [3.8, 4) is 0 Å². The fourth-order valence-electron chi connectivity index (χ4n) is 2.33. The predicted octanol–water partition coefficient (Wildman–Crippen LogP) is 2.39. The molecule has 110 valence electrons. The van der Waals surface area contributed by atoms with Crippen LogP contribution in [-0.2, 0) is 15.1 Å². The zero-order valence-electron chi connectivity index (χ0n) is 12.1. The van der Waals surface area contributed by atoms with E-state index in [1.54, 1.807) is 0 Å². The van der Waals surface area contributed by atoms with Crippen molar-refractivity contribution >= 4 is 5.97 Å². The van der Waals surface area contributed by atoms with Gasteiger partial charge in [0.25, 0.3) is 0 Å². The van der Waals surface area contributed by atoms with E-state index in [1.807, 2.05) is 44.2 Å². The van der Waals surface area contributed by atoms with Crippen LogP contribution in [0, 0.1) is 5.92 Å². The first kappa shape index (κ1) is 15.0. The minimum atomic E-state index is -1.18. The molecule has 1 aromatic carbocycles. The molecular formula is C16H23NO3. The first-order valence-corrected chi connectivity index (χ1v) is 7.19. The summed E-state index contributed by atoms with van der Waals surface area (Å²) < 4.78 is 5.70. The van der Waals surface area contributed by atoms with Crippen molar-refractivity contribution in [2.24, 2.45) is 5.92 Å². The first-order valence-electron chi connectivity index (χ1n) is 7.19. The molecule has 0 bridgehead atoms. The van der Waals surface area contributed by atoms with Crippen molar-refractivity contribution in [2.45, 2.75) is 38.3 Å². The van der Waals surface area contributed by atoms with Crippen LogP contribution in [0.15, 0.2) is 30.3 Å². The number of carboxylic acids is 1. The highest BCUT2D eigenvalue weighted by molar-refractivity contribution is 5.81. The number of carbonyl (C=O) groups is 1. The van der Waals surface area contributed by atoms with E-state index in [1.165, 1.54) is 12.8 Å². The lowest BCUT2D eigenvalue weighted by Crippen LogP contribution is -2.55. The van der Waals surface area contributed by atoms with E-state index >= 15 is 0 Å². The van der Waals surface area contributed by atoms with Crippen LogP contribution in [-0.4, -0.2) is 30.3 Å². The van der Waals surface area contributed by atoms with E-state index in [-0.39, 0.29) is 12.6 Å². The number of benzene rings is 1. The fraction of sp³-hybridized carbons (Fsp3) is 0.562. The van der Waals surface area contributed by atoms with E-state index < -0.39 is 11.5 Å². The van der Waals surface area contributed by atoms with E-state index in [4.69, 9.17) is 4.74 Å². The maximum absolute atomic E-state index is 11.9. The van der Waals surface area contributed by atoms with Crippen LogP contribution in [0.25, 0.3) is 0 Å². The molecule has 2 rings (SSSR count). The quantitative estimate of drug-likeness (QED) is 0.766. The van der Waals surface area contributed by atoms with Crippen molar-refractivity contribution < 1.29 is 14.6 Å². The van der Waals surface area contributed by atoms with Gasteiger partial charge < -0.3 is 9.84 Å². The minimum Gasteiger partial charge on any atom is -0.480 e. The zero-order chi connectivity index (χ0) is 14.6. The molecule has 0 radical (unpaired) electrons. The Balaban J connectivity index is 2.20. The Morgan fingerprint density at radius 3 is 2.55 bits per heavy atom. The molecule has 1 aromatic rings. The third-order valence-corrected chi connectivity index (χ3v) is 3.54. The second-order valence-corrected chi connectivity index (χ2v) is 5.83. The van der Waals surface area contributed by atoms with Crippen LogP contribution in [0.2, 0.25) is 0 Å². The van der Waals surface area contributed by atoms with Crippen molar-refractivity contribution in [3.63, 3.8) is 0 Å². The van der Waals surface area contributed by atoms with Gasteiger partial charge in [-0.2, -0.15) is 0 Å². The van der Waals surface area contributed by atoms with Crippen LogP contribution in [0.5, 0.6) is 0 Å². The average Bonchev–Trinajstić information content (AvgIpc) is 3.22. The summed E-state index contributed by atoms with van der Waals surface area (Å²) in [5, 5.41) is 12.9. The first-order chi connectivity index (χ1) is 9.54. The van der Waals surface area contributed by atoms with Gasteiger partial charge >= 0.3 is 5.97 Å². The third kappa shape index (κ3) is 3.58. The summed E-state index contributed by atoms with van der Waals surface area (Å²) >= 11 is 0. The van der Waals surface area contributed by atoms with Gasteiger partial charge in [-0.3, -0.25) is 5.32 Å². The van der Waals surface area contributed by atoms with Gasteiger partial charge in [-0.25, -0.2) is 4.79 Å². The lowest BCUT2D eigenvalue weighted by molar-refractivity contribution is -0.149. The number of aliphatic carboxylic acids is 1. The molecule has 0 spiro atoms. The van der Waals surface area contributed by atoms with Gasteiger partial charge in [-0.05, 0) is 38.2 Å². The van der Waals surface area contributed by atoms with Crippen LogP contribution < -0.4 is 5.32 Å². The Labute approximate surface area is 120 Å². The summed E-state index contributed by atoms with van der Waals surface area (Å²) in [5.74, 6) is -0.274. The van der Waals surface area contributed by atoms with Gasteiger partial charge in [0.05, 0.1) is 6.61 Å². The van der Waals surface area contributed by atoms with Crippen molar-refractivity contribution in [1.82, 2.24) is 5.32 Å². The molecule has 0 saturated heterocycles. The van der Waals surface area contributed by atoms with Gasteiger partial charge in [-0.15, -0.1) is 0 Å². The highest BCUT2D eigenvalue weighted by Gasteiger charge is 2.41. The van der Waals surface area contributed by atoms with Gasteiger partial charge in [0.15, 0.2) is 5.54 Å². The number of carboxylic acid groups (broad SMARTS) is 1. The number of rotatable bonds is 8. The monoisotopic (exact) mass is 277 g/mol. The van der Waals surface area contributed by atoms with Gasteiger partial charge in [0, 0.05) is 12.6 Å². The summed E-state index contributed by atoms with van der Waals surface area (Å²) in [6.45, 7) is 4.70. The van der Waals surface area contributed by atoms with Crippen molar-refractivity contribution in [3.05, 3.63) is 35.9 Å². The number of nitrogens with one attached hydrogen (secondary N) is 1. The van der Waals surface area contributed by atoms with E-state index in [2.05, 4.69) is 5.32 Å². The van der Waals surface area contributed by atoms with Crippen LogP contribution >= 0.6 is 0 Å². The minimum absolute atomic E-state index is 0.0517. The fourth-order valence-corrected chi connectivity index (χ4v) is 2.33. The Kier molecular flexibility index (Phi) is 4.78. The largest absolute Gasteiger partial charge is 0.480 e. The molecule has 4 heteroatoms. The topological polar surface area (TPSA) is 58.6 Å². The summed E-state index contributed by atoms with van der Waals surface area (Å²) in [5.41, 5.74) is -0.443. The number of hydrogen-bond donors (Lipinski definition) is 2. The van der Waals surface area contributed by atoms with Gasteiger partial charge in [0.2, 0.25) is 0 Å². The molecule has 0 aliphatic heterocycles. The van der Waals surface area contributed by atoms with Crippen molar-refractivity contribution in [1.29, 1.82) is 0 Å². The second kappa shape index (κ2) is 6.37. The number of hydrogen-bond acceptors (Lipinski definition) is 3. The Morgan fingerprint density at radius 1 is 1.40 bits per heavy atom.